The first-order valence-corrected chi connectivity index (χ1v) is 5.97. The number of nitrogens with one attached hydrogen (secondary N) is 1. The van der Waals surface area contributed by atoms with Gasteiger partial charge in [-0.15, -0.1) is 0 Å². The van der Waals surface area contributed by atoms with E-state index in [4.69, 9.17) is 0 Å². The molecule has 5 nitrogen and oxygen atoms in total. The Morgan fingerprint density at radius 3 is 2.56 bits per heavy atom. The van der Waals surface area contributed by atoms with Crippen molar-refractivity contribution in [2.24, 2.45) is 0 Å². The van der Waals surface area contributed by atoms with E-state index < -0.39 is 0 Å². The van der Waals surface area contributed by atoms with Gasteiger partial charge in [0.15, 0.2) is 0 Å². The van der Waals surface area contributed by atoms with Crippen LogP contribution >= 0.6 is 0 Å². The van der Waals surface area contributed by atoms with E-state index in [-0.39, 0.29) is 10.6 Å². The zero-order valence-electron chi connectivity index (χ0n) is 11.2. The maximum atomic E-state index is 10.6. The highest BCUT2D eigenvalue weighted by Gasteiger charge is 2.10. The normalized spacial score (nSPS) is 10.3. The summed E-state index contributed by atoms with van der Waals surface area (Å²) in [6, 6.07) is 4.90. The first-order valence-electron chi connectivity index (χ1n) is 5.97. The number of nitro groups is 1. The summed E-state index contributed by atoms with van der Waals surface area (Å²) in [7, 11) is 3.98. The van der Waals surface area contributed by atoms with Crippen LogP contribution in [0.2, 0.25) is 0 Å². The van der Waals surface area contributed by atoms with Crippen LogP contribution in [-0.2, 0) is 6.54 Å². The van der Waals surface area contributed by atoms with Crippen LogP contribution in [0.4, 0.5) is 5.69 Å². The van der Waals surface area contributed by atoms with E-state index in [1.807, 2.05) is 34.1 Å². The molecular weight excluding hydrogens is 230 g/mol. The summed E-state index contributed by atoms with van der Waals surface area (Å²) in [4.78, 5) is 15.3. The molecule has 18 heavy (non-hydrogen) atoms. The van der Waals surface area contributed by atoms with Crippen molar-refractivity contribution in [3.05, 3.63) is 40.1 Å². The van der Waals surface area contributed by atoms with Gasteiger partial charge in [-0.3, -0.25) is 10.1 Å². The first-order chi connectivity index (χ1) is 8.58. The minimum Gasteiger partial charge on any atom is -0.361 e. The number of hydrogen-bond acceptors (Lipinski definition) is 3. The Bertz CT molecular complexity index is 532. The van der Waals surface area contributed by atoms with Crippen molar-refractivity contribution in [2.75, 3.05) is 14.1 Å². The summed E-state index contributed by atoms with van der Waals surface area (Å²) in [6.45, 7) is 4.82. The maximum absolute atomic E-state index is 10.6. The number of non-ortho nitro benzene ring substituents is 1. The van der Waals surface area contributed by atoms with Crippen LogP contribution in [0.5, 0.6) is 0 Å². The van der Waals surface area contributed by atoms with Crippen molar-refractivity contribution in [3.8, 4) is 0 Å². The number of benzene rings is 1. The van der Waals surface area contributed by atoms with Gasteiger partial charge < -0.3 is 9.88 Å². The number of nitro benzene ring substituents is 1. The molecule has 5 heteroatoms. The monoisotopic (exact) mass is 249 g/mol. The van der Waals surface area contributed by atoms with Crippen molar-refractivity contribution >= 4 is 16.6 Å². The number of fused-ring (bicyclic) bond motifs is 1. The molecule has 1 heterocycles. The van der Waals surface area contributed by atoms with Gasteiger partial charge in [0.05, 0.1) is 10.4 Å². The zero-order chi connectivity index (χ0) is 13.7. The lowest BCUT2D eigenvalue weighted by molar-refractivity contribution is -0.384. The second kappa shape index (κ2) is 6.16. The van der Waals surface area contributed by atoms with Gasteiger partial charge in [-0.25, -0.2) is 0 Å². The maximum Gasteiger partial charge on any atom is 0.271 e. The summed E-state index contributed by atoms with van der Waals surface area (Å²) in [5.41, 5.74) is 2.08. The molecule has 1 aromatic carbocycles. The number of rotatable bonds is 3. The molecular formula is C13H19N3O2. The van der Waals surface area contributed by atoms with Crippen LogP contribution in [0, 0.1) is 10.1 Å². The molecule has 0 aliphatic rings. The van der Waals surface area contributed by atoms with Gasteiger partial charge in [0.25, 0.3) is 5.69 Å². The standard InChI is InChI=1S/C11H13N3O2.C2H6/c1-13(2)7-8-6-12-11-5-9(14(15)16)3-4-10(8)11;1-2/h3-6,12H,7H2,1-2H3;1-2H3. The van der Waals surface area contributed by atoms with E-state index in [2.05, 4.69) is 9.88 Å². The fourth-order valence-corrected chi connectivity index (χ4v) is 1.76. The van der Waals surface area contributed by atoms with Crippen LogP contribution < -0.4 is 0 Å². The van der Waals surface area contributed by atoms with E-state index >= 15 is 0 Å². The summed E-state index contributed by atoms with van der Waals surface area (Å²) in [6.07, 6.45) is 1.90. The quantitative estimate of drug-likeness (QED) is 0.671. The summed E-state index contributed by atoms with van der Waals surface area (Å²) in [5, 5.41) is 11.7. The van der Waals surface area contributed by atoms with E-state index in [1.165, 1.54) is 6.07 Å². The van der Waals surface area contributed by atoms with Gasteiger partial charge in [0.1, 0.15) is 0 Å². The minimum atomic E-state index is -0.383. The zero-order valence-corrected chi connectivity index (χ0v) is 11.2. The second-order valence-corrected chi connectivity index (χ2v) is 4.04. The molecule has 1 N–H and O–H groups in total. The molecule has 0 spiro atoms. The average Bonchev–Trinajstić information content (AvgIpc) is 2.73. The van der Waals surface area contributed by atoms with Gasteiger partial charge in [-0.2, -0.15) is 0 Å². The van der Waals surface area contributed by atoms with Gasteiger partial charge >= 0.3 is 0 Å². The molecule has 2 rings (SSSR count). The van der Waals surface area contributed by atoms with Gasteiger partial charge in [0, 0.05) is 30.3 Å². The summed E-state index contributed by atoms with van der Waals surface area (Å²) < 4.78 is 0. The molecule has 0 saturated heterocycles. The fourth-order valence-electron chi connectivity index (χ4n) is 1.76. The van der Waals surface area contributed by atoms with Crippen LogP contribution in [-0.4, -0.2) is 28.9 Å². The number of hydrogen-bond donors (Lipinski definition) is 1. The molecule has 0 aliphatic heterocycles. The SMILES string of the molecule is CC.CN(C)Cc1c[nH]c2cc([N+](=O)[O-])ccc12. The molecule has 0 bridgehead atoms. The third-order valence-electron chi connectivity index (χ3n) is 2.45. The number of aromatic amines is 1. The van der Waals surface area contributed by atoms with Crippen molar-refractivity contribution in [1.29, 1.82) is 0 Å². The third-order valence-corrected chi connectivity index (χ3v) is 2.45. The Labute approximate surface area is 107 Å². The lowest BCUT2D eigenvalue weighted by Crippen LogP contribution is -2.09. The smallest absolute Gasteiger partial charge is 0.271 e. The summed E-state index contributed by atoms with van der Waals surface area (Å²) >= 11 is 0. The molecule has 0 amide bonds. The van der Waals surface area contributed by atoms with E-state index in [1.54, 1.807) is 12.1 Å². The van der Waals surface area contributed by atoms with Crippen molar-refractivity contribution in [1.82, 2.24) is 9.88 Å². The molecule has 1 aromatic heterocycles. The lowest BCUT2D eigenvalue weighted by Gasteiger charge is -2.07. The van der Waals surface area contributed by atoms with Crippen LogP contribution in [0.15, 0.2) is 24.4 Å². The predicted octanol–water partition coefficient (Wildman–Crippen LogP) is 3.16. The average molecular weight is 249 g/mol. The highest BCUT2D eigenvalue weighted by molar-refractivity contribution is 5.85. The Kier molecular flexibility index (Phi) is 4.85. The lowest BCUT2D eigenvalue weighted by atomic mass is 10.1. The topological polar surface area (TPSA) is 62.2 Å². The molecule has 2 aromatic rings. The Morgan fingerprint density at radius 1 is 1.33 bits per heavy atom. The van der Waals surface area contributed by atoms with E-state index in [9.17, 15) is 10.1 Å². The second-order valence-electron chi connectivity index (χ2n) is 4.04. The molecule has 0 saturated carbocycles. The van der Waals surface area contributed by atoms with E-state index in [0.717, 1.165) is 23.0 Å². The summed E-state index contributed by atoms with van der Waals surface area (Å²) in [5.74, 6) is 0. The van der Waals surface area contributed by atoms with Crippen LogP contribution in [0.1, 0.15) is 19.4 Å². The molecule has 98 valence electrons. The van der Waals surface area contributed by atoms with Crippen molar-refractivity contribution in [3.63, 3.8) is 0 Å². The molecule has 0 fully saturated rings. The largest absolute Gasteiger partial charge is 0.361 e. The highest BCUT2D eigenvalue weighted by Crippen LogP contribution is 2.23. The van der Waals surface area contributed by atoms with Crippen LogP contribution in [0.25, 0.3) is 10.9 Å². The van der Waals surface area contributed by atoms with Gasteiger partial charge in [-0.05, 0) is 25.7 Å². The Hall–Kier alpha value is -1.88. The fraction of sp³-hybridized carbons (Fsp3) is 0.385. The van der Waals surface area contributed by atoms with E-state index in [0.29, 0.717) is 0 Å². The number of aromatic nitrogens is 1. The molecule has 0 atom stereocenters. The predicted molar refractivity (Wildman–Crippen MR) is 73.7 cm³/mol. The van der Waals surface area contributed by atoms with Crippen molar-refractivity contribution in [2.45, 2.75) is 20.4 Å². The van der Waals surface area contributed by atoms with Gasteiger partial charge in [0.2, 0.25) is 0 Å². The Balaban J connectivity index is 0.000000771. The van der Waals surface area contributed by atoms with Gasteiger partial charge in [-0.1, -0.05) is 13.8 Å². The first kappa shape index (κ1) is 14.2. The molecule has 0 unspecified atom stereocenters. The van der Waals surface area contributed by atoms with Crippen molar-refractivity contribution < 1.29 is 4.92 Å². The highest BCUT2D eigenvalue weighted by atomic mass is 16.6. The van der Waals surface area contributed by atoms with Crippen LogP contribution in [0.3, 0.4) is 0 Å². The number of nitrogens with zero attached hydrogens (tertiary/aromatic N) is 2. The number of H-pyrrole nitrogens is 1. The third kappa shape index (κ3) is 3.07. The molecule has 0 aliphatic carbocycles. The Morgan fingerprint density at radius 2 is 2.00 bits per heavy atom. The minimum absolute atomic E-state index is 0.116. The molecule has 0 radical (unpaired) electrons.